The Bertz CT molecular complexity index is 633. The number of hydrogen-bond donors (Lipinski definition) is 1. The van der Waals surface area contributed by atoms with E-state index in [0.29, 0.717) is 6.54 Å². The van der Waals surface area contributed by atoms with E-state index < -0.39 is 6.61 Å². The number of rotatable bonds is 6. The molecule has 0 bridgehead atoms. The van der Waals surface area contributed by atoms with Gasteiger partial charge in [-0.15, -0.1) is 0 Å². The van der Waals surface area contributed by atoms with E-state index in [9.17, 15) is 13.2 Å². The first-order valence-electron chi connectivity index (χ1n) is 7.78. The highest BCUT2D eigenvalue weighted by Gasteiger charge is 2.25. The number of halogens is 3. The van der Waals surface area contributed by atoms with E-state index in [1.54, 1.807) is 24.3 Å². The topological polar surface area (TPSA) is 21.3 Å². The third kappa shape index (κ3) is 5.27. The van der Waals surface area contributed by atoms with Crippen LogP contribution in [0.4, 0.5) is 13.2 Å². The summed E-state index contributed by atoms with van der Waals surface area (Å²) in [5, 5.41) is 3.46. The smallest absolute Gasteiger partial charge is 0.387 e. The quantitative estimate of drug-likeness (QED) is 0.772. The van der Waals surface area contributed by atoms with Crippen molar-refractivity contribution < 1.29 is 17.9 Å². The van der Waals surface area contributed by atoms with Gasteiger partial charge in [-0.25, -0.2) is 4.39 Å². The van der Waals surface area contributed by atoms with Crippen molar-refractivity contribution in [2.75, 3.05) is 0 Å². The SMILES string of the molecule is CC(C)(C)C(NCc1ccc(OC(F)F)cc1)c1ccc(F)cc1. The Morgan fingerprint density at radius 1 is 0.958 bits per heavy atom. The molecule has 5 heteroatoms. The zero-order chi connectivity index (χ0) is 17.7. The van der Waals surface area contributed by atoms with Gasteiger partial charge in [-0.1, -0.05) is 45.0 Å². The maximum Gasteiger partial charge on any atom is 0.387 e. The minimum Gasteiger partial charge on any atom is -0.435 e. The molecule has 2 rings (SSSR count). The summed E-state index contributed by atoms with van der Waals surface area (Å²) in [4.78, 5) is 0. The Morgan fingerprint density at radius 3 is 2.04 bits per heavy atom. The van der Waals surface area contributed by atoms with Crippen LogP contribution >= 0.6 is 0 Å². The standard InChI is InChI=1S/C19H22F3NO/c1-19(2,3)17(14-6-8-15(20)9-7-14)23-12-13-4-10-16(11-5-13)24-18(21)22/h4-11,17-18,23H,12H2,1-3H3. The second-order valence-corrected chi connectivity index (χ2v) is 6.75. The molecule has 1 unspecified atom stereocenters. The molecule has 0 fully saturated rings. The first kappa shape index (κ1) is 18.3. The van der Waals surface area contributed by atoms with Crippen LogP contribution in [0.5, 0.6) is 5.75 Å². The molecule has 2 aromatic rings. The van der Waals surface area contributed by atoms with Crippen molar-refractivity contribution in [2.45, 2.75) is 40.0 Å². The number of nitrogens with one attached hydrogen (secondary N) is 1. The van der Waals surface area contributed by atoms with E-state index in [4.69, 9.17) is 0 Å². The lowest BCUT2D eigenvalue weighted by Gasteiger charge is -2.32. The van der Waals surface area contributed by atoms with Crippen molar-refractivity contribution >= 4 is 0 Å². The lowest BCUT2D eigenvalue weighted by Crippen LogP contribution is -2.32. The zero-order valence-electron chi connectivity index (χ0n) is 14.0. The van der Waals surface area contributed by atoms with Crippen LogP contribution in [-0.2, 0) is 6.54 Å². The molecule has 2 aromatic carbocycles. The Balaban J connectivity index is 2.06. The third-order valence-corrected chi connectivity index (χ3v) is 3.73. The molecule has 1 N–H and O–H groups in total. The molecule has 0 heterocycles. The summed E-state index contributed by atoms with van der Waals surface area (Å²) in [5.74, 6) is -0.124. The van der Waals surface area contributed by atoms with Crippen LogP contribution < -0.4 is 10.1 Å². The number of benzene rings is 2. The van der Waals surface area contributed by atoms with Gasteiger partial charge in [-0.3, -0.25) is 0 Å². The monoisotopic (exact) mass is 337 g/mol. The lowest BCUT2D eigenvalue weighted by molar-refractivity contribution is -0.0498. The normalized spacial score (nSPS) is 13.1. The van der Waals surface area contributed by atoms with Gasteiger partial charge in [-0.2, -0.15) is 8.78 Å². The van der Waals surface area contributed by atoms with Crippen molar-refractivity contribution in [2.24, 2.45) is 5.41 Å². The van der Waals surface area contributed by atoms with Gasteiger partial charge in [0.25, 0.3) is 0 Å². The van der Waals surface area contributed by atoms with Crippen LogP contribution in [0, 0.1) is 11.2 Å². The maximum atomic E-state index is 13.1. The molecule has 24 heavy (non-hydrogen) atoms. The predicted molar refractivity (Wildman–Crippen MR) is 88.5 cm³/mol. The van der Waals surface area contributed by atoms with E-state index in [1.165, 1.54) is 24.3 Å². The van der Waals surface area contributed by atoms with Gasteiger partial charge in [-0.05, 0) is 40.8 Å². The Kier molecular flexibility index (Phi) is 5.89. The molecule has 0 aromatic heterocycles. The Hall–Kier alpha value is -2.01. The van der Waals surface area contributed by atoms with Crippen LogP contribution in [0.15, 0.2) is 48.5 Å². The number of ether oxygens (including phenoxy) is 1. The molecule has 1 atom stereocenters. The zero-order valence-corrected chi connectivity index (χ0v) is 14.0. The van der Waals surface area contributed by atoms with Gasteiger partial charge in [0.2, 0.25) is 0 Å². The molecule has 0 aliphatic rings. The summed E-state index contributed by atoms with van der Waals surface area (Å²) < 4.78 is 41.8. The summed E-state index contributed by atoms with van der Waals surface area (Å²) in [7, 11) is 0. The van der Waals surface area contributed by atoms with Gasteiger partial charge in [0, 0.05) is 12.6 Å². The fourth-order valence-corrected chi connectivity index (χ4v) is 2.59. The lowest BCUT2D eigenvalue weighted by atomic mass is 9.82. The highest BCUT2D eigenvalue weighted by Crippen LogP contribution is 2.33. The second-order valence-electron chi connectivity index (χ2n) is 6.75. The van der Waals surface area contributed by atoms with Crippen LogP contribution in [-0.4, -0.2) is 6.61 Å². The number of hydrogen-bond acceptors (Lipinski definition) is 2. The highest BCUT2D eigenvalue weighted by molar-refractivity contribution is 5.28. The molecule has 0 saturated carbocycles. The molecule has 0 spiro atoms. The molecular weight excluding hydrogens is 315 g/mol. The van der Waals surface area contributed by atoms with Crippen molar-refractivity contribution in [3.05, 3.63) is 65.5 Å². The van der Waals surface area contributed by atoms with E-state index in [-0.39, 0.29) is 23.0 Å². The molecule has 2 nitrogen and oxygen atoms in total. The van der Waals surface area contributed by atoms with Gasteiger partial charge < -0.3 is 10.1 Å². The molecule has 0 aliphatic carbocycles. The maximum absolute atomic E-state index is 13.1. The largest absolute Gasteiger partial charge is 0.435 e. The van der Waals surface area contributed by atoms with Crippen LogP contribution in [0.1, 0.15) is 37.9 Å². The average molecular weight is 337 g/mol. The van der Waals surface area contributed by atoms with Crippen LogP contribution in [0.2, 0.25) is 0 Å². The highest BCUT2D eigenvalue weighted by atomic mass is 19.3. The van der Waals surface area contributed by atoms with Gasteiger partial charge in [0.1, 0.15) is 11.6 Å². The van der Waals surface area contributed by atoms with E-state index >= 15 is 0 Å². The fraction of sp³-hybridized carbons (Fsp3) is 0.368. The van der Waals surface area contributed by atoms with Crippen molar-refractivity contribution in [1.29, 1.82) is 0 Å². The Labute approximate surface area is 140 Å². The molecule has 0 amide bonds. The van der Waals surface area contributed by atoms with Crippen molar-refractivity contribution in [3.63, 3.8) is 0 Å². The first-order valence-corrected chi connectivity index (χ1v) is 7.78. The average Bonchev–Trinajstić information content (AvgIpc) is 2.49. The van der Waals surface area contributed by atoms with Gasteiger partial charge in [0.15, 0.2) is 0 Å². The summed E-state index contributed by atoms with van der Waals surface area (Å²) in [6.45, 7) is 4.06. The van der Waals surface area contributed by atoms with Crippen LogP contribution in [0.25, 0.3) is 0 Å². The molecule has 0 radical (unpaired) electrons. The minimum absolute atomic E-state index is 0.0232. The predicted octanol–water partition coefficient (Wildman–Crippen LogP) is 5.30. The minimum atomic E-state index is -2.82. The number of alkyl halides is 2. The van der Waals surface area contributed by atoms with E-state index in [1.807, 2.05) is 0 Å². The molecule has 130 valence electrons. The first-order chi connectivity index (χ1) is 11.3. The fourth-order valence-electron chi connectivity index (χ4n) is 2.59. The van der Waals surface area contributed by atoms with Gasteiger partial charge in [0.05, 0.1) is 0 Å². The Morgan fingerprint density at radius 2 is 1.54 bits per heavy atom. The van der Waals surface area contributed by atoms with E-state index in [2.05, 4.69) is 30.8 Å². The summed E-state index contributed by atoms with van der Waals surface area (Å²) >= 11 is 0. The second kappa shape index (κ2) is 7.71. The summed E-state index contributed by atoms with van der Waals surface area (Å²) in [6.07, 6.45) is 0. The molecule has 0 aliphatic heterocycles. The molecular formula is C19H22F3NO. The van der Waals surface area contributed by atoms with Crippen molar-refractivity contribution in [3.8, 4) is 5.75 Å². The van der Waals surface area contributed by atoms with Crippen molar-refractivity contribution in [1.82, 2.24) is 5.32 Å². The summed E-state index contributed by atoms with van der Waals surface area (Å²) in [6, 6.07) is 13.0. The van der Waals surface area contributed by atoms with E-state index in [0.717, 1.165) is 11.1 Å². The molecule has 0 saturated heterocycles. The summed E-state index contributed by atoms with van der Waals surface area (Å²) in [5.41, 5.74) is 1.88. The van der Waals surface area contributed by atoms with Crippen LogP contribution in [0.3, 0.4) is 0 Å². The van der Waals surface area contributed by atoms with Gasteiger partial charge >= 0.3 is 6.61 Å². The third-order valence-electron chi connectivity index (χ3n) is 3.73.